The highest BCUT2D eigenvalue weighted by atomic mass is 16.3. The number of aliphatic hydroxyl groups excluding tert-OH is 1. The minimum absolute atomic E-state index is 0.227. The van der Waals surface area contributed by atoms with E-state index in [1.807, 2.05) is 14.0 Å². The van der Waals surface area contributed by atoms with Gasteiger partial charge in [0.1, 0.15) is 0 Å². The van der Waals surface area contributed by atoms with E-state index in [1.54, 1.807) is 0 Å². The topological polar surface area (TPSA) is 32.3 Å². The SMILES string of the molecule is CCCC(NC)C(C)O. The summed E-state index contributed by atoms with van der Waals surface area (Å²) in [7, 11) is 1.88. The highest BCUT2D eigenvalue weighted by Crippen LogP contribution is 1.99. The number of likely N-dealkylation sites (N-methyl/N-ethyl adjacent to an activating group) is 1. The molecule has 2 nitrogen and oxygen atoms in total. The zero-order chi connectivity index (χ0) is 7.28. The predicted molar refractivity (Wildman–Crippen MR) is 39.4 cm³/mol. The Hall–Kier alpha value is -0.0800. The van der Waals surface area contributed by atoms with Crippen molar-refractivity contribution in [3.05, 3.63) is 0 Å². The molecule has 2 atom stereocenters. The van der Waals surface area contributed by atoms with Gasteiger partial charge in [-0.1, -0.05) is 13.3 Å². The molecule has 56 valence electrons. The van der Waals surface area contributed by atoms with Gasteiger partial charge in [0.15, 0.2) is 0 Å². The standard InChI is InChI=1S/C7H17NO/c1-4-5-7(8-3)6(2)9/h6-9H,4-5H2,1-3H3. The third-order valence-corrected chi connectivity index (χ3v) is 1.55. The van der Waals surface area contributed by atoms with Crippen LogP contribution in [0.1, 0.15) is 26.7 Å². The molecule has 0 amide bonds. The highest BCUT2D eigenvalue weighted by molar-refractivity contribution is 4.68. The van der Waals surface area contributed by atoms with Gasteiger partial charge in [-0.15, -0.1) is 0 Å². The van der Waals surface area contributed by atoms with Crippen LogP contribution in [0.5, 0.6) is 0 Å². The van der Waals surface area contributed by atoms with Crippen LogP contribution in [0.4, 0.5) is 0 Å². The lowest BCUT2D eigenvalue weighted by Crippen LogP contribution is -2.35. The van der Waals surface area contributed by atoms with Gasteiger partial charge in [0.2, 0.25) is 0 Å². The summed E-state index contributed by atoms with van der Waals surface area (Å²) in [6.45, 7) is 3.93. The Morgan fingerprint density at radius 1 is 1.56 bits per heavy atom. The van der Waals surface area contributed by atoms with E-state index >= 15 is 0 Å². The molecule has 0 aromatic carbocycles. The third kappa shape index (κ3) is 3.49. The summed E-state index contributed by atoms with van der Waals surface area (Å²) >= 11 is 0. The fraction of sp³-hybridized carbons (Fsp3) is 1.00. The van der Waals surface area contributed by atoms with E-state index in [4.69, 9.17) is 5.11 Å². The second kappa shape index (κ2) is 4.77. The Kier molecular flexibility index (Phi) is 4.72. The van der Waals surface area contributed by atoms with Gasteiger partial charge in [0, 0.05) is 6.04 Å². The fourth-order valence-electron chi connectivity index (χ4n) is 0.938. The minimum Gasteiger partial charge on any atom is -0.392 e. The van der Waals surface area contributed by atoms with Gasteiger partial charge >= 0.3 is 0 Å². The molecule has 0 bridgehead atoms. The maximum absolute atomic E-state index is 9.08. The number of rotatable bonds is 4. The Balaban J connectivity index is 3.41. The smallest absolute Gasteiger partial charge is 0.0664 e. The van der Waals surface area contributed by atoms with E-state index in [-0.39, 0.29) is 12.1 Å². The largest absolute Gasteiger partial charge is 0.392 e. The summed E-state index contributed by atoms with van der Waals surface area (Å²) in [6.07, 6.45) is 1.94. The zero-order valence-corrected chi connectivity index (χ0v) is 6.52. The lowest BCUT2D eigenvalue weighted by atomic mass is 10.1. The molecule has 0 spiro atoms. The predicted octanol–water partition coefficient (Wildman–Crippen LogP) is 0.755. The normalized spacial score (nSPS) is 17.3. The van der Waals surface area contributed by atoms with E-state index in [0.717, 1.165) is 12.8 Å². The maximum atomic E-state index is 9.08. The van der Waals surface area contributed by atoms with Gasteiger partial charge in [-0.05, 0) is 20.4 Å². The first-order chi connectivity index (χ1) is 4.22. The van der Waals surface area contributed by atoms with Gasteiger partial charge in [0.25, 0.3) is 0 Å². The quantitative estimate of drug-likeness (QED) is 0.590. The van der Waals surface area contributed by atoms with Crippen LogP contribution < -0.4 is 5.32 Å². The van der Waals surface area contributed by atoms with Crippen LogP contribution in [0.25, 0.3) is 0 Å². The maximum Gasteiger partial charge on any atom is 0.0664 e. The zero-order valence-electron chi connectivity index (χ0n) is 6.52. The molecule has 0 rings (SSSR count). The summed E-state index contributed by atoms with van der Waals surface area (Å²) in [4.78, 5) is 0. The number of hydrogen-bond acceptors (Lipinski definition) is 2. The molecule has 0 saturated carbocycles. The molecule has 9 heavy (non-hydrogen) atoms. The molecule has 2 N–H and O–H groups in total. The fourth-order valence-corrected chi connectivity index (χ4v) is 0.938. The second-order valence-corrected chi connectivity index (χ2v) is 2.42. The van der Waals surface area contributed by atoms with Gasteiger partial charge in [-0.25, -0.2) is 0 Å². The Labute approximate surface area is 57.3 Å². The molecule has 0 fully saturated rings. The summed E-state index contributed by atoms with van der Waals surface area (Å²) in [6, 6.07) is 0.273. The van der Waals surface area contributed by atoms with Crippen LogP contribution in [0.3, 0.4) is 0 Å². The third-order valence-electron chi connectivity index (χ3n) is 1.55. The summed E-state index contributed by atoms with van der Waals surface area (Å²) in [5, 5.41) is 12.1. The van der Waals surface area contributed by atoms with Gasteiger partial charge < -0.3 is 10.4 Å². The monoisotopic (exact) mass is 131 g/mol. The van der Waals surface area contributed by atoms with Crippen molar-refractivity contribution in [1.29, 1.82) is 0 Å². The van der Waals surface area contributed by atoms with Crippen molar-refractivity contribution in [2.75, 3.05) is 7.05 Å². The highest BCUT2D eigenvalue weighted by Gasteiger charge is 2.09. The summed E-state index contributed by atoms with van der Waals surface area (Å²) in [5.41, 5.74) is 0. The van der Waals surface area contributed by atoms with Crippen molar-refractivity contribution in [2.45, 2.75) is 38.8 Å². The average molecular weight is 131 g/mol. The minimum atomic E-state index is -0.227. The van der Waals surface area contributed by atoms with E-state index in [2.05, 4.69) is 12.2 Å². The number of aliphatic hydroxyl groups is 1. The van der Waals surface area contributed by atoms with Crippen molar-refractivity contribution in [3.8, 4) is 0 Å². The number of nitrogens with one attached hydrogen (secondary N) is 1. The van der Waals surface area contributed by atoms with Crippen LogP contribution in [0, 0.1) is 0 Å². The Morgan fingerprint density at radius 2 is 2.11 bits per heavy atom. The van der Waals surface area contributed by atoms with E-state index < -0.39 is 0 Å². The van der Waals surface area contributed by atoms with Gasteiger partial charge in [0.05, 0.1) is 6.10 Å². The van der Waals surface area contributed by atoms with Crippen LogP contribution in [0.2, 0.25) is 0 Å². The van der Waals surface area contributed by atoms with Crippen molar-refractivity contribution in [1.82, 2.24) is 5.32 Å². The molecule has 2 heteroatoms. The van der Waals surface area contributed by atoms with Crippen molar-refractivity contribution >= 4 is 0 Å². The van der Waals surface area contributed by atoms with Crippen LogP contribution >= 0.6 is 0 Å². The van der Waals surface area contributed by atoms with Crippen LogP contribution in [0.15, 0.2) is 0 Å². The molecular formula is C7H17NO. The molecule has 0 aliphatic heterocycles. The van der Waals surface area contributed by atoms with Crippen molar-refractivity contribution in [2.24, 2.45) is 0 Å². The first-order valence-electron chi connectivity index (χ1n) is 3.57. The molecule has 0 radical (unpaired) electrons. The molecule has 0 aliphatic carbocycles. The van der Waals surface area contributed by atoms with Gasteiger partial charge in [-0.3, -0.25) is 0 Å². The lowest BCUT2D eigenvalue weighted by molar-refractivity contribution is 0.144. The van der Waals surface area contributed by atoms with Crippen molar-refractivity contribution in [3.63, 3.8) is 0 Å². The molecule has 0 heterocycles. The number of hydrogen-bond donors (Lipinski definition) is 2. The molecule has 0 aromatic heterocycles. The molecule has 0 aromatic rings. The average Bonchev–Trinajstić information content (AvgIpc) is 1.82. The first kappa shape index (κ1) is 8.92. The lowest BCUT2D eigenvalue weighted by Gasteiger charge is -2.17. The van der Waals surface area contributed by atoms with E-state index in [9.17, 15) is 0 Å². The molecular weight excluding hydrogens is 114 g/mol. The Morgan fingerprint density at radius 3 is 2.22 bits per heavy atom. The second-order valence-electron chi connectivity index (χ2n) is 2.42. The van der Waals surface area contributed by atoms with E-state index in [0.29, 0.717) is 0 Å². The summed E-state index contributed by atoms with van der Waals surface area (Å²) in [5.74, 6) is 0. The molecule has 0 aliphatic rings. The van der Waals surface area contributed by atoms with Crippen LogP contribution in [-0.4, -0.2) is 24.3 Å². The first-order valence-corrected chi connectivity index (χ1v) is 3.57. The van der Waals surface area contributed by atoms with Crippen LogP contribution in [-0.2, 0) is 0 Å². The molecule has 0 saturated heterocycles. The van der Waals surface area contributed by atoms with Gasteiger partial charge in [-0.2, -0.15) is 0 Å². The Bertz CT molecular complexity index is 63.9. The summed E-state index contributed by atoms with van der Waals surface area (Å²) < 4.78 is 0. The van der Waals surface area contributed by atoms with Crippen molar-refractivity contribution < 1.29 is 5.11 Å². The molecule has 2 unspecified atom stereocenters. The van der Waals surface area contributed by atoms with E-state index in [1.165, 1.54) is 0 Å².